The van der Waals surface area contributed by atoms with E-state index >= 15 is 0 Å². The highest BCUT2D eigenvalue weighted by atomic mass is 79.9. The third-order valence-corrected chi connectivity index (χ3v) is 2.12. The van der Waals surface area contributed by atoms with Crippen molar-refractivity contribution in [2.45, 2.75) is 0 Å². The van der Waals surface area contributed by atoms with Crippen molar-refractivity contribution in [3.05, 3.63) is 15.4 Å². The third-order valence-electron chi connectivity index (χ3n) is 1.19. The Balaban J connectivity index is 2.63. The molecule has 1 aromatic heterocycles. The van der Waals surface area contributed by atoms with Gasteiger partial charge in [-0.2, -0.15) is 0 Å². The SMILES string of the molecule is O=C(CNc1ncc(Br)nc1Br)OF. The van der Waals surface area contributed by atoms with Crippen molar-refractivity contribution in [3.63, 3.8) is 0 Å². The Morgan fingerprint density at radius 2 is 2.36 bits per heavy atom. The van der Waals surface area contributed by atoms with E-state index < -0.39 is 5.97 Å². The van der Waals surface area contributed by atoms with Crippen molar-refractivity contribution in [2.75, 3.05) is 11.9 Å². The normalized spacial score (nSPS) is 9.64. The molecule has 0 radical (unpaired) electrons. The standard InChI is InChI=1S/C6H4Br2FN3O2/c7-3-1-10-6(5(8)12-3)11-2-4(13)14-9/h1H,2H2,(H,10,11). The molecule has 0 saturated heterocycles. The van der Waals surface area contributed by atoms with Gasteiger partial charge in [0.1, 0.15) is 15.8 Å². The summed E-state index contributed by atoms with van der Waals surface area (Å²) in [6, 6.07) is 0. The van der Waals surface area contributed by atoms with E-state index in [0.29, 0.717) is 15.0 Å². The van der Waals surface area contributed by atoms with E-state index in [1.165, 1.54) is 6.20 Å². The van der Waals surface area contributed by atoms with Crippen LogP contribution in [-0.4, -0.2) is 22.5 Å². The predicted molar refractivity (Wildman–Crippen MR) is 53.1 cm³/mol. The summed E-state index contributed by atoms with van der Waals surface area (Å²) in [5, 5.41) is 2.53. The average molecular weight is 329 g/mol. The second-order valence-corrected chi connectivity index (χ2v) is 3.70. The number of nitrogens with one attached hydrogen (secondary N) is 1. The van der Waals surface area contributed by atoms with Gasteiger partial charge in [0.05, 0.1) is 6.20 Å². The van der Waals surface area contributed by atoms with Gasteiger partial charge in [-0.3, -0.25) is 4.94 Å². The molecule has 0 saturated carbocycles. The number of rotatable bonds is 3. The lowest BCUT2D eigenvalue weighted by Crippen LogP contribution is -2.15. The van der Waals surface area contributed by atoms with Crippen LogP contribution in [0.2, 0.25) is 0 Å². The Hall–Kier alpha value is -0.760. The van der Waals surface area contributed by atoms with Crippen LogP contribution in [0.3, 0.4) is 0 Å². The number of hydrogen-bond acceptors (Lipinski definition) is 5. The van der Waals surface area contributed by atoms with E-state index in [4.69, 9.17) is 0 Å². The summed E-state index contributed by atoms with van der Waals surface area (Å²) in [5.41, 5.74) is 0. The number of halogens is 3. The molecule has 14 heavy (non-hydrogen) atoms. The number of hydrogen-bond donors (Lipinski definition) is 1. The Kier molecular flexibility index (Phi) is 4.21. The van der Waals surface area contributed by atoms with Crippen molar-refractivity contribution in [3.8, 4) is 0 Å². The van der Waals surface area contributed by atoms with Gasteiger partial charge in [-0.15, -0.1) is 0 Å². The van der Waals surface area contributed by atoms with Crippen LogP contribution in [0.25, 0.3) is 0 Å². The minimum Gasteiger partial charge on any atom is -0.357 e. The molecule has 0 unspecified atom stereocenters. The lowest BCUT2D eigenvalue weighted by Gasteiger charge is -2.03. The molecule has 1 rings (SSSR count). The molecule has 0 fully saturated rings. The molecule has 0 amide bonds. The zero-order valence-corrected chi connectivity index (χ0v) is 9.80. The minimum absolute atomic E-state index is 0.314. The lowest BCUT2D eigenvalue weighted by molar-refractivity contribution is -0.181. The molecule has 76 valence electrons. The molecule has 0 spiro atoms. The van der Waals surface area contributed by atoms with Crippen LogP contribution in [0.4, 0.5) is 10.3 Å². The van der Waals surface area contributed by atoms with Crippen LogP contribution in [0.1, 0.15) is 0 Å². The van der Waals surface area contributed by atoms with E-state index in [-0.39, 0.29) is 6.54 Å². The van der Waals surface area contributed by atoms with Gasteiger partial charge in [-0.05, 0) is 31.9 Å². The first-order chi connectivity index (χ1) is 6.63. The van der Waals surface area contributed by atoms with E-state index in [2.05, 4.69) is 52.1 Å². The van der Waals surface area contributed by atoms with Crippen molar-refractivity contribution >= 4 is 43.6 Å². The molecule has 0 aliphatic carbocycles. The zero-order chi connectivity index (χ0) is 10.6. The number of anilines is 1. The molecule has 0 bridgehead atoms. The Morgan fingerprint density at radius 1 is 1.64 bits per heavy atom. The maximum Gasteiger partial charge on any atom is 0.367 e. The van der Waals surface area contributed by atoms with Crippen molar-refractivity contribution in [1.29, 1.82) is 0 Å². The van der Waals surface area contributed by atoms with E-state index in [9.17, 15) is 9.32 Å². The molecule has 0 aromatic carbocycles. The summed E-state index contributed by atoms with van der Waals surface area (Å²) in [5.74, 6) is -0.694. The van der Waals surface area contributed by atoms with E-state index in [1.54, 1.807) is 0 Å². The number of aromatic nitrogens is 2. The van der Waals surface area contributed by atoms with Crippen LogP contribution < -0.4 is 5.32 Å². The largest absolute Gasteiger partial charge is 0.367 e. The first-order valence-corrected chi connectivity index (χ1v) is 4.95. The molecule has 1 heterocycles. The molecule has 0 aliphatic heterocycles. The third kappa shape index (κ3) is 3.18. The monoisotopic (exact) mass is 327 g/mol. The summed E-state index contributed by atoms with van der Waals surface area (Å²) in [4.78, 5) is 21.2. The minimum atomic E-state index is -1.03. The Labute approximate surface area is 95.2 Å². The molecular weight excluding hydrogens is 325 g/mol. The first-order valence-electron chi connectivity index (χ1n) is 3.37. The van der Waals surface area contributed by atoms with Gasteiger partial charge in [0.15, 0.2) is 5.82 Å². The van der Waals surface area contributed by atoms with Gasteiger partial charge >= 0.3 is 5.97 Å². The second kappa shape index (κ2) is 5.20. The smallest absolute Gasteiger partial charge is 0.357 e. The molecule has 0 atom stereocenters. The van der Waals surface area contributed by atoms with E-state index in [0.717, 1.165) is 0 Å². The van der Waals surface area contributed by atoms with Gasteiger partial charge in [0.2, 0.25) is 0 Å². The van der Waals surface area contributed by atoms with Gasteiger partial charge in [0.25, 0.3) is 0 Å². The number of carbonyl (C=O) groups excluding carboxylic acids is 1. The molecule has 8 heteroatoms. The lowest BCUT2D eigenvalue weighted by atomic mass is 10.6. The number of carbonyl (C=O) groups is 1. The van der Waals surface area contributed by atoms with Gasteiger partial charge in [-0.1, -0.05) is 0 Å². The maximum atomic E-state index is 11.3. The van der Waals surface area contributed by atoms with Crippen LogP contribution in [0.15, 0.2) is 15.4 Å². The van der Waals surface area contributed by atoms with Gasteiger partial charge in [0, 0.05) is 4.53 Å². The molecule has 1 aromatic rings. The molecule has 0 aliphatic rings. The average Bonchev–Trinajstić information content (AvgIpc) is 2.16. The van der Waals surface area contributed by atoms with Crippen LogP contribution in [-0.2, 0) is 9.74 Å². The Bertz CT molecular complexity index is 350. The molecule has 5 nitrogen and oxygen atoms in total. The summed E-state index contributed by atoms with van der Waals surface area (Å²) in [7, 11) is 0. The summed E-state index contributed by atoms with van der Waals surface area (Å²) >= 11 is 6.21. The fourth-order valence-electron chi connectivity index (χ4n) is 0.648. The maximum absolute atomic E-state index is 11.3. The van der Waals surface area contributed by atoms with Crippen LogP contribution >= 0.6 is 31.9 Å². The summed E-state index contributed by atoms with van der Waals surface area (Å²) < 4.78 is 12.3. The van der Waals surface area contributed by atoms with Crippen LogP contribution in [0, 0.1) is 0 Å². The number of nitrogens with zero attached hydrogens (tertiary/aromatic N) is 2. The summed E-state index contributed by atoms with van der Waals surface area (Å²) in [6.45, 7) is -0.314. The topological polar surface area (TPSA) is 64.1 Å². The molecular formula is C6H4Br2FN3O2. The van der Waals surface area contributed by atoms with Gasteiger partial charge < -0.3 is 5.32 Å². The van der Waals surface area contributed by atoms with E-state index in [1.807, 2.05) is 0 Å². The Morgan fingerprint density at radius 3 is 2.93 bits per heavy atom. The highest BCUT2D eigenvalue weighted by molar-refractivity contribution is 9.11. The van der Waals surface area contributed by atoms with Crippen molar-refractivity contribution in [1.82, 2.24) is 9.97 Å². The van der Waals surface area contributed by atoms with Gasteiger partial charge in [-0.25, -0.2) is 14.8 Å². The molecule has 1 N–H and O–H groups in total. The highest BCUT2D eigenvalue weighted by Crippen LogP contribution is 2.18. The fourth-order valence-corrected chi connectivity index (χ4v) is 1.60. The van der Waals surface area contributed by atoms with Crippen molar-refractivity contribution < 1.29 is 14.3 Å². The zero-order valence-electron chi connectivity index (χ0n) is 6.63. The quantitative estimate of drug-likeness (QED) is 0.917. The van der Waals surface area contributed by atoms with Crippen molar-refractivity contribution in [2.24, 2.45) is 0 Å². The second-order valence-electron chi connectivity index (χ2n) is 2.13. The first kappa shape index (κ1) is 11.3. The van der Waals surface area contributed by atoms with Crippen LogP contribution in [0.5, 0.6) is 0 Å². The fraction of sp³-hybridized carbons (Fsp3) is 0.167. The predicted octanol–water partition coefficient (Wildman–Crippen LogP) is 1.84. The highest BCUT2D eigenvalue weighted by Gasteiger charge is 2.07. The summed E-state index contributed by atoms with van der Waals surface area (Å²) in [6.07, 6.45) is 1.44.